The third-order valence-corrected chi connectivity index (χ3v) is 3.81. The molecule has 1 N–H and O–H groups in total. The lowest BCUT2D eigenvalue weighted by Gasteiger charge is -2.24. The monoisotopic (exact) mass is 211 g/mol. The predicted octanol–water partition coefficient (Wildman–Crippen LogP) is 3.98. The largest absolute Gasteiger partial charge is 0.317 e. The number of rotatable bonds is 6. The van der Waals surface area contributed by atoms with Crippen molar-refractivity contribution in [1.82, 2.24) is 5.32 Å². The van der Waals surface area contributed by atoms with Gasteiger partial charge in [0.05, 0.1) is 0 Å². The summed E-state index contributed by atoms with van der Waals surface area (Å²) in [5.74, 6) is 1.87. The molecule has 1 atom stereocenters. The zero-order chi connectivity index (χ0) is 11.1. The zero-order valence-electron chi connectivity index (χ0n) is 10.9. The van der Waals surface area contributed by atoms with Crippen LogP contribution in [0.1, 0.15) is 65.2 Å². The molecule has 1 rings (SSSR count). The smallest absolute Gasteiger partial charge is 0.00666 e. The molecule has 1 saturated carbocycles. The summed E-state index contributed by atoms with van der Waals surface area (Å²) < 4.78 is 0. The Morgan fingerprint density at radius 1 is 1.13 bits per heavy atom. The van der Waals surface area contributed by atoms with Crippen LogP contribution in [0.5, 0.6) is 0 Å². The molecule has 0 aliphatic heterocycles. The Labute approximate surface area is 96.0 Å². The molecule has 0 saturated heterocycles. The lowest BCUT2D eigenvalue weighted by Crippen LogP contribution is -2.27. The molecule has 0 aromatic rings. The molecule has 0 amide bonds. The maximum Gasteiger partial charge on any atom is 0.00666 e. The molecule has 0 aromatic carbocycles. The first-order valence-electron chi connectivity index (χ1n) is 6.89. The van der Waals surface area contributed by atoms with Crippen molar-refractivity contribution in [1.29, 1.82) is 0 Å². The topological polar surface area (TPSA) is 12.0 Å². The lowest BCUT2D eigenvalue weighted by molar-refractivity contribution is 0.305. The molecule has 1 unspecified atom stereocenters. The molecule has 0 spiro atoms. The Hall–Kier alpha value is -0.0400. The molecule has 0 radical (unpaired) electrons. The van der Waals surface area contributed by atoms with E-state index >= 15 is 0 Å². The third-order valence-electron chi connectivity index (χ3n) is 3.81. The van der Waals surface area contributed by atoms with E-state index in [2.05, 4.69) is 26.2 Å². The second-order valence-electron chi connectivity index (χ2n) is 5.70. The molecule has 0 heterocycles. The highest BCUT2D eigenvalue weighted by Crippen LogP contribution is 2.28. The van der Waals surface area contributed by atoms with Gasteiger partial charge in [-0.3, -0.25) is 0 Å². The first-order chi connectivity index (χ1) is 7.22. The molecular weight excluding hydrogens is 182 g/mol. The molecule has 1 aliphatic rings. The molecule has 1 nitrogen and oxygen atoms in total. The summed E-state index contributed by atoms with van der Waals surface area (Å²) in [5.41, 5.74) is 0. The van der Waals surface area contributed by atoms with E-state index in [1.165, 1.54) is 51.4 Å². The van der Waals surface area contributed by atoms with Crippen LogP contribution < -0.4 is 5.32 Å². The van der Waals surface area contributed by atoms with Crippen LogP contribution in [0.15, 0.2) is 0 Å². The van der Waals surface area contributed by atoms with Crippen LogP contribution in [0.2, 0.25) is 0 Å². The Balaban J connectivity index is 2.14. The summed E-state index contributed by atoms with van der Waals surface area (Å²) in [5, 5.41) is 3.47. The van der Waals surface area contributed by atoms with E-state index in [1.54, 1.807) is 0 Å². The standard InChI is InChI=1S/C14H29N/c1-12(2)11-14(15-3)10-9-13-7-5-4-6-8-13/h12-15H,4-11H2,1-3H3. The summed E-state index contributed by atoms with van der Waals surface area (Å²) in [4.78, 5) is 0. The van der Waals surface area contributed by atoms with E-state index in [0.29, 0.717) is 0 Å². The zero-order valence-corrected chi connectivity index (χ0v) is 10.9. The van der Waals surface area contributed by atoms with Crippen LogP contribution in [0.3, 0.4) is 0 Å². The highest BCUT2D eigenvalue weighted by molar-refractivity contribution is 4.71. The molecular formula is C14H29N. The van der Waals surface area contributed by atoms with Crippen molar-refractivity contribution in [3.05, 3.63) is 0 Å². The third kappa shape index (κ3) is 5.55. The number of hydrogen-bond acceptors (Lipinski definition) is 1. The van der Waals surface area contributed by atoms with Gasteiger partial charge in [-0.15, -0.1) is 0 Å². The van der Waals surface area contributed by atoms with Crippen LogP contribution in [-0.2, 0) is 0 Å². The van der Waals surface area contributed by atoms with Crippen molar-refractivity contribution in [3.8, 4) is 0 Å². The first kappa shape index (κ1) is 13.0. The summed E-state index contributed by atoms with van der Waals surface area (Å²) in [6.45, 7) is 4.65. The van der Waals surface area contributed by atoms with Crippen LogP contribution >= 0.6 is 0 Å². The van der Waals surface area contributed by atoms with E-state index < -0.39 is 0 Å². The van der Waals surface area contributed by atoms with Gasteiger partial charge in [-0.05, 0) is 38.1 Å². The van der Waals surface area contributed by atoms with E-state index in [9.17, 15) is 0 Å². The van der Waals surface area contributed by atoms with Crippen LogP contribution in [-0.4, -0.2) is 13.1 Å². The quantitative estimate of drug-likeness (QED) is 0.700. The van der Waals surface area contributed by atoms with Gasteiger partial charge in [0.15, 0.2) is 0 Å². The predicted molar refractivity (Wildman–Crippen MR) is 68.1 cm³/mol. The average Bonchev–Trinajstić information content (AvgIpc) is 2.25. The minimum absolute atomic E-state index is 0.756. The Bertz CT molecular complexity index is 147. The summed E-state index contributed by atoms with van der Waals surface area (Å²) >= 11 is 0. The van der Waals surface area contributed by atoms with Gasteiger partial charge in [0.1, 0.15) is 0 Å². The summed E-state index contributed by atoms with van der Waals surface area (Å²) in [7, 11) is 2.12. The van der Waals surface area contributed by atoms with Gasteiger partial charge in [0.2, 0.25) is 0 Å². The van der Waals surface area contributed by atoms with Crippen molar-refractivity contribution >= 4 is 0 Å². The molecule has 0 bridgehead atoms. The normalized spacial score (nSPS) is 20.8. The molecule has 0 aromatic heterocycles. The SMILES string of the molecule is CNC(CCC1CCCCC1)CC(C)C. The van der Waals surface area contributed by atoms with Crippen LogP contribution in [0, 0.1) is 11.8 Å². The van der Waals surface area contributed by atoms with Gasteiger partial charge >= 0.3 is 0 Å². The number of hydrogen-bond donors (Lipinski definition) is 1. The second-order valence-corrected chi connectivity index (χ2v) is 5.70. The molecule has 1 fully saturated rings. The Morgan fingerprint density at radius 2 is 1.80 bits per heavy atom. The maximum atomic E-state index is 3.47. The van der Waals surface area contributed by atoms with Gasteiger partial charge in [-0.25, -0.2) is 0 Å². The van der Waals surface area contributed by atoms with Crippen molar-refractivity contribution < 1.29 is 0 Å². The first-order valence-corrected chi connectivity index (χ1v) is 6.89. The molecule has 90 valence electrons. The van der Waals surface area contributed by atoms with Crippen molar-refractivity contribution in [2.75, 3.05) is 7.05 Å². The molecule has 1 aliphatic carbocycles. The summed E-state index contributed by atoms with van der Waals surface area (Å²) in [6, 6.07) is 0.756. The van der Waals surface area contributed by atoms with Crippen LogP contribution in [0.25, 0.3) is 0 Å². The van der Waals surface area contributed by atoms with E-state index in [0.717, 1.165) is 17.9 Å². The van der Waals surface area contributed by atoms with Gasteiger partial charge < -0.3 is 5.32 Å². The number of nitrogens with one attached hydrogen (secondary N) is 1. The fourth-order valence-corrected chi connectivity index (χ4v) is 2.86. The van der Waals surface area contributed by atoms with Gasteiger partial charge in [0, 0.05) is 6.04 Å². The second kappa shape index (κ2) is 7.27. The van der Waals surface area contributed by atoms with Crippen molar-refractivity contribution in [3.63, 3.8) is 0 Å². The van der Waals surface area contributed by atoms with Crippen molar-refractivity contribution in [2.24, 2.45) is 11.8 Å². The van der Waals surface area contributed by atoms with Crippen LogP contribution in [0.4, 0.5) is 0 Å². The fourth-order valence-electron chi connectivity index (χ4n) is 2.86. The Morgan fingerprint density at radius 3 is 2.33 bits per heavy atom. The van der Waals surface area contributed by atoms with Crippen molar-refractivity contribution in [2.45, 2.75) is 71.3 Å². The minimum Gasteiger partial charge on any atom is -0.317 e. The molecule has 1 heteroatoms. The van der Waals surface area contributed by atoms with Gasteiger partial charge in [-0.2, -0.15) is 0 Å². The highest BCUT2D eigenvalue weighted by atomic mass is 14.9. The van der Waals surface area contributed by atoms with E-state index in [4.69, 9.17) is 0 Å². The average molecular weight is 211 g/mol. The van der Waals surface area contributed by atoms with Gasteiger partial charge in [-0.1, -0.05) is 46.0 Å². The lowest BCUT2D eigenvalue weighted by atomic mass is 9.84. The summed E-state index contributed by atoms with van der Waals surface area (Å²) in [6.07, 6.45) is 11.6. The van der Waals surface area contributed by atoms with Gasteiger partial charge in [0.25, 0.3) is 0 Å². The Kier molecular flexibility index (Phi) is 6.31. The maximum absolute atomic E-state index is 3.47. The van der Waals surface area contributed by atoms with E-state index in [1.807, 2.05) is 0 Å². The highest BCUT2D eigenvalue weighted by Gasteiger charge is 2.15. The molecule has 15 heavy (non-hydrogen) atoms. The minimum atomic E-state index is 0.756. The fraction of sp³-hybridized carbons (Fsp3) is 1.00. The van der Waals surface area contributed by atoms with E-state index in [-0.39, 0.29) is 0 Å².